The second kappa shape index (κ2) is 4.98. The topological polar surface area (TPSA) is 60.1 Å². The summed E-state index contributed by atoms with van der Waals surface area (Å²) in [6.07, 6.45) is 0.277. The number of esters is 1. The van der Waals surface area contributed by atoms with Crippen LogP contribution in [0.25, 0.3) is 0 Å². The standard InChI is InChI=1S/C12H14O4S/c1-15-10-5-7-9(13)3-4-17-11(7)6-8(10)12(14)16-2/h5-6,9,13H,3-4H2,1-2H3/p+1. The maximum atomic E-state index is 9.90. The normalized spacial score (nSPS) is 18.4. The molecule has 2 N–H and O–H groups in total. The predicted molar refractivity (Wildman–Crippen MR) is 66.3 cm³/mol. The molecular formula is C12H15O4S+. The van der Waals surface area contributed by atoms with Crippen molar-refractivity contribution in [2.45, 2.75) is 17.4 Å². The number of hydrogen-bond acceptors (Lipinski definition) is 4. The minimum absolute atomic E-state index is 0.176. The summed E-state index contributed by atoms with van der Waals surface area (Å²) in [4.78, 5) is 10.6. The number of hydrogen-bond donors (Lipinski definition) is 1. The highest BCUT2D eigenvalue weighted by Gasteiger charge is 2.26. The van der Waals surface area contributed by atoms with Gasteiger partial charge in [0.25, 0.3) is 0 Å². The van der Waals surface area contributed by atoms with Gasteiger partial charge in [0, 0.05) is 10.6 Å². The van der Waals surface area contributed by atoms with Crippen molar-refractivity contribution in [3.63, 3.8) is 0 Å². The quantitative estimate of drug-likeness (QED) is 0.645. The van der Waals surface area contributed by atoms with Gasteiger partial charge in [0.2, 0.25) is 0 Å². The van der Waals surface area contributed by atoms with Crippen molar-refractivity contribution >= 4 is 17.7 Å². The Bertz CT molecular complexity index is 444. The Morgan fingerprint density at radius 3 is 2.88 bits per heavy atom. The molecule has 0 bridgehead atoms. The number of aliphatic hydroxyl groups excluding tert-OH is 1. The van der Waals surface area contributed by atoms with Crippen molar-refractivity contribution in [3.8, 4) is 5.75 Å². The first-order chi connectivity index (χ1) is 8.17. The van der Waals surface area contributed by atoms with E-state index >= 15 is 0 Å². The molecule has 1 aromatic carbocycles. The van der Waals surface area contributed by atoms with Crippen molar-refractivity contribution in [2.75, 3.05) is 20.0 Å². The maximum absolute atomic E-state index is 9.90. The molecule has 1 heterocycles. The molecule has 0 aromatic heterocycles. The lowest BCUT2D eigenvalue weighted by Crippen LogP contribution is -2.11. The van der Waals surface area contributed by atoms with E-state index in [0.29, 0.717) is 11.3 Å². The molecule has 17 heavy (non-hydrogen) atoms. The third-order valence-electron chi connectivity index (χ3n) is 2.76. The fraction of sp³-hybridized carbons (Fsp3) is 0.417. The largest absolute Gasteiger partial charge is 0.521 e. The van der Waals surface area contributed by atoms with Crippen LogP contribution in [0.1, 0.15) is 23.7 Å². The highest BCUT2D eigenvalue weighted by molar-refractivity contribution is 7.99. The summed E-state index contributed by atoms with van der Waals surface area (Å²) in [5.41, 5.74) is 1.36. The van der Waals surface area contributed by atoms with Crippen molar-refractivity contribution in [3.05, 3.63) is 23.3 Å². The number of carbonyl (C=O) groups excluding carboxylic acids is 1. The van der Waals surface area contributed by atoms with Crippen LogP contribution in [0.3, 0.4) is 0 Å². The molecular weight excluding hydrogens is 240 g/mol. The van der Waals surface area contributed by atoms with Crippen LogP contribution in [-0.2, 0) is 4.74 Å². The molecule has 92 valence electrons. The third-order valence-corrected chi connectivity index (χ3v) is 3.87. The summed E-state index contributed by atoms with van der Waals surface area (Å²) in [6.45, 7) is 0. The maximum Gasteiger partial charge on any atom is 0.521 e. The molecule has 0 saturated heterocycles. The Labute approximate surface area is 104 Å². The number of benzene rings is 1. The Kier molecular flexibility index (Phi) is 3.59. The van der Waals surface area contributed by atoms with Crippen LogP contribution in [-0.4, -0.2) is 35.8 Å². The fourth-order valence-corrected chi connectivity index (χ4v) is 2.97. The minimum atomic E-state index is -0.459. The number of methoxy groups -OCH3 is 2. The molecule has 1 aliphatic rings. The molecule has 0 fully saturated rings. The van der Waals surface area contributed by atoms with Gasteiger partial charge in [-0.15, -0.1) is 11.8 Å². The van der Waals surface area contributed by atoms with Crippen LogP contribution < -0.4 is 4.74 Å². The van der Waals surface area contributed by atoms with E-state index in [-0.39, 0.29) is 5.97 Å². The average Bonchev–Trinajstić information content (AvgIpc) is 2.37. The third kappa shape index (κ3) is 2.25. The molecule has 5 heteroatoms. The van der Waals surface area contributed by atoms with Crippen molar-refractivity contribution in [1.29, 1.82) is 0 Å². The average molecular weight is 255 g/mol. The van der Waals surface area contributed by atoms with Gasteiger partial charge in [0.1, 0.15) is 5.75 Å². The number of fused-ring (bicyclic) bond motifs is 1. The van der Waals surface area contributed by atoms with E-state index < -0.39 is 6.10 Å². The van der Waals surface area contributed by atoms with Crippen molar-refractivity contribution in [1.82, 2.24) is 0 Å². The van der Waals surface area contributed by atoms with Crippen molar-refractivity contribution in [2.24, 2.45) is 0 Å². The van der Waals surface area contributed by atoms with Crippen LogP contribution in [0.2, 0.25) is 0 Å². The van der Waals surface area contributed by atoms with E-state index in [9.17, 15) is 9.90 Å². The monoisotopic (exact) mass is 255 g/mol. The second-order valence-corrected chi connectivity index (χ2v) is 4.89. The van der Waals surface area contributed by atoms with Crippen molar-refractivity contribution < 1.29 is 19.4 Å². The van der Waals surface area contributed by atoms with E-state index in [1.165, 1.54) is 14.2 Å². The van der Waals surface area contributed by atoms with Gasteiger partial charge in [-0.25, -0.2) is 0 Å². The van der Waals surface area contributed by atoms with Gasteiger partial charge < -0.3 is 19.4 Å². The summed E-state index contributed by atoms with van der Waals surface area (Å²) in [7, 11) is 2.92. The molecule has 0 saturated carbocycles. The zero-order chi connectivity index (χ0) is 12.4. The fourth-order valence-electron chi connectivity index (χ4n) is 1.84. The molecule has 2 rings (SSSR count). The molecule has 4 nitrogen and oxygen atoms in total. The van der Waals surface area contributed by atoms with E-state index in [2.05, 4.69) is 0 Å². The van der Waals surface area contributed by atoms with E-state index in [1.54, 1.807) is 23.9 Å². The highest BCUT2D eigenvalue weighted by atomic mass is 32.2. The SMILES string of the molecule is COC(=[OH+])c1cc2c(cc1OC)C(O)CCS2. The van der Waals surface area contributed by atoms with Crippen LogP contribution in [0.15, 0.2) is 17.0 Å². The van der Waals surface area contributed by atoms with E-state index in [4.69, 9.17) is 9.47 Å². The van der Waals surface area contributed by atoms with Gasteiger partial charge in [-0.3, -0.25) is 0 Å². The summed E-state index contributed by atoms with van der Waals surface area (Å²) in [5, 5.41) is 9.90. The first kappa shape index (κ1) is 12.3. The van der Waals surface area contributed by atoms with Crippen LogP contribution in [0.5, 0.6) is 5.75 Å². The summed E-state index contributed by atoms with van der Waals surface area (Å²) < 4.78 is 10.0. The predicted octanol–water partition coefficient (Wildman–Crippen LogP) is 1.72. The number of rotatable bonds is 2. The molecule has 1 unspecified atom stereocenters. The number of aliphatic hydroxyl groups is 1. The smallest absolute Gasteiger partial charge is 0.496 e. The zero-order valence-electron chi connectivity index (χ0n) is 9.77. The van der Waals surface area contributed by atoms with Gasteiger partial charge >= 0.3 is 5.97 Å². The zero-order valence-corrected chi connectivity index (χ0v) is 10.6. The summed E-state index contributed by atoms with van der Waals surface area (Å²) >= 11 is 1.66. The number of ether oxygens (including phenoxy) is 2. The lowest BCUT2D eigenvalue weighted by Gasteiger charge is -2.21. The second-order valence-electron chi connectivity index (χ2n) is 3.75. The van der Waals surface area contributed by atoms with Gasteiger partial charge in [0.15, 0.2) is 12.7 Å². The molecule has 0 amide bonds. The highest BCUT2D eigenvalue weighted by Crippen LogP contribution is 2.39. The molecule has 0 aliphatic carbocycles. The molecule has 1 aliphatic heterocycles. The lowest BCUT2D eigenvalue weighted by molar-refractivity contribution is 0.169. The molecule has 0 radical (unpaired) electrons. The van der Waals surface area contributed by atoms with Crippen LogP contribution in [0, 0.1) is 0 Å². The minimum Gasteiger partial charge on any atom is -0.496 e. The Hall–Kier alpha value is -1.20. The van der Waals surface area contributed by atoms with Gasteiger partial charge in [-0.2, -0.15) is 0 Å². The Morgan fingerprint density at radius 2 is 2.24 bits per heavy atom. The number of thioether (sulfide) groups is 1. The van der Waals surface area contributed by atoms with Gasteiger partial charge in [-0.05, 0) is 24.1 Å². The lowest BCUT2D eigenvalue weighted by atomic mass is 10.0. The first-order valence-corrected chi connectivity index (χ1v) is 6.29. The Balaban J connectivity index is 2.51. The Morgan fingerprint density at radius 1 is 1.47 bits per heavy atom. The molecule has 1 atom stereocenters. The van der Waals surface area contributed by atoms with Gasteiger partial charge in [-0.1, -0.05) is 0 Å². The van der Waals surface area contributed by atoms with E-state index in [1.807, 2.05) is 0 Å². The summed E-state index contributed by atoms with van der Waals surface area (Å²) in [6, 6.07) is 3.55. The van der Waals surface area contributed by atoms with Gasteiger partial charge in [0.05, 0.1) is 13.2 Å². The van der Waals surface area contributed by atoms with Crippen LogP contribution >= 0.6 is 11.8 Å². The van der Waals surface area contributed by atoms with Crippen LogP contribution in [0.4, 0.5) is 0 Å². The summed E-state index contributed by atoms with van der Waals surface area (Å²) in [5.74, 6) is 1.20. The first-order valence-electron chi connectivity index (χ1n) is 5.30. The molecule has 0 spiro atoms. The van der Waals surface area contributed by atoms with E-state index in [0.717, 1.165) is 22.6 Å². The molecule has 1 aromatic rings.